The number of halogens is 1. The smallest absolute Gasteiger partial charge is 0.133 e. The maximum absolute atomic E-state index is 13.8. The molecule has 1 aromatic carbocycles. The molecule has 3 heteroatoms. The molecule has 1 N–H and O–H groups in total. The maximum atomic E-state index is 13.8. The van der Waals surface area contributed by atoms with Gasteiger partial charge in [-0.15, -0.1) is 0 Å². The van der Waals surface area contributed by atoms with Crippen LogP contribution in [-0.2, 0) is 6.54 Å². The van der Waals surface area contributed by atoms with E-state index in [0.717, 1.165) is 5.56 Å². The molecular formula is C14H16FNO. The Morgan fingerprint density at radius 1 is 1.29 bits per heavy atom. The van der Waals surface area contributed by atoms with Crippen molar-refractivity contribution < 1.29 is 8.81 Å². The monoisotopic (exact) mass is 233 g/mol. The molecule has 0 radical (unpaired) electrons. The Balaban J connectivity index is 2.17. The van der Waals surface area contributed by atoms with E-state index in [1.807, 2.05) is 26.0 Å². The Morgan fingerprint density at radius 2 is 2.12 bits per heavy atom. The molecule has 0 amide bonds. The molecule has 0 saturated heterocycles. The van der Waals surface area contributed by atoms with E-state index in [2.05, 4.69) is 5.32 Å². The van der Waals surface area contributed by atoms with E-state index in [1.165, 1.54) is 6.07 Å². The molecule has 90 valence electrons. The lowest BCUT2D eigenvalue weighted by molar-refractivity contribution is 0.551. The van der Waals surface area contributed by atoms with E-state index in [9.17, 15) is 4.39 Å². The fraction of sp³-hybridized carbons (Fsp3) is 0.286. The summed E-state index contributed by atoms with van der Waals surface area (Å²) in [4.78, 5) is 0. The Morgan fingerprint density at radius 3 is 2.71 bits per heavy atom. The standard InChI is InChI=1S/C14H16FNO/c1-10(2)16-9-12-6-5-11(8-13(12)15)14-4-3-7-17-14/h3-8,10,16H,9H2,1-2H3. The highest BCUT2D eigenvalue weighted by Gasteiger charge is 2.07. The van der Waals surface area contributed by atoms with Crippen molar-refractivity contribution in [2.45, 2.75) is 26.4 Å². The van der Waals surface area contributed by atoms with Gasteiger partial charge in [-0.25, -0.2) is 4.39 Å². The van der Waals surface area contributed by atoms with E-state index >= 15 is 0 Å². The number of hydrogen-bond donors (Lipinski definition) is 1. The van der Waals surface area contributed by atoms with Crippen molar-refractivity contribution in [2.75, 3.05) is 0 Å². The van der Waals surface area contributed by atoms with Crippen molar-refractivity contribution in [2.24, 2.45) is 0 Å². The Kier molecular flexibility index (Phi) is 3.59. The number of nitrogens with one attached hydrogen (secondary N) is 1. The van der Waals surface area contributed by atoms with Gasteiger partial charge in [0.05, 0.1) is 6.26 Å². The average molecular weight is 233 g/mol. The summed E-state index contributed by atoms with van der Waals surface area (Å²) in [6.07, 6.45) is 1.58. The molecular weight excluding hydrogens is 217 g/mol. The van der Waals surface area contributed by atoms with Crippen molar-refractivity contribution in [3.8, 4) is 11.3 Å². The Hall–Kier alpha value is -1.61. The van der Waals surface area contributed by atoms with Crippen LogP contribution in [0.25, 0.3) is 11.3 Å². The summed E-state index contributed by atoms with van der Waals surface area (Å²) in [6.45, 7) is 4.62. The normalized spacial score (nSPS) is 11.1. The zero-order valence-electron chi connectivity index (χ0n) is 10.0. The molecule has 1 heterocycles. The second-order valence-corrected chi connectivity index (χ2v) is 4.32. The van der Waals surface area contributed by atoms with E-state index in [-0.39, 0.29) is 5.82 Å². The lowest BCUT2D eigenvalue weighted by Gasteiger charge is -2.09. The molecule has 0 spiro atoms. The summed E-state index contributed by atoms with van der Waals surface area (Å²) in [6, 6.07) is 9.14. The Bertz CT molecular complexity index is 477. The van der Waals surface area contributed by atoms with Crippen molar-refractivity contribution >= 4 is 0 Å². The predicted molar refractivity (Wildman–Crippen MR) is 66.1 cm³/mol. The minimum atomic E-state index is -0.202. The lowest BCUT2D eigenvalue weighted by atomic mass is 10.1. The van der Waals surface area contributed by atoms with E-state index in [0.29, 0.717) is 23.9 Å². The highest BCUT2D eigenvalue weighted by Crippen LogP contribution is 2.22. The first-order valence-electron chi connectivity index (χ1n) is 5.72. The van der Waals surface area contributed by atoms with Crippen molar-refractivity contribution in [3.05, 3.63) is 48.0 Å². The van der Waals surface area contributed by atoms with Crippen molar-refractivity contribution in [1.82, 2.24) is 5.32 Å². The van der Waals surface area contributed by atoms with Gasteiger partial charge in [0.2, 0.25) is 0 Å². The quantitative estimate of drug-likeness (QED) is 0.873. The van der Waals surface area contributed by atoms with Crippen LogP contribution in [0.4, 0.5) is 4.39 Å². The van der Waals surface area contributed by atoms with Crippen LogP contribution < -0.4 is 5.32 Å². The predicted octanol–water partition coefficient (Wildman–Crippen LogP) is 3.58. The van der Waals surface area contributed by atoms with Crippen LogP contribution in [0.5, 0.6) is 0 Å². The van der Waals surface area contributed by atoms with Gasteiger partial charge in [0.15, 0.2) is 0 Å². The van der Waals surface area contributed by atoms with Gasteiger partial charge < -0.3 is 9.73 Å². The topological polar surface area (TPSA) is 25.2 Å². The number of hydrogen-bond acceptors (Lipinski definition) is 2. The van der Waals surface area contributed by atoms with Crippen LogP contribution >= 0.6 is 0 Å². The zero-order valence-corrected chi connectivity index (χ0v) is 10.0. The molecule has 0 aliphatic heterocycles. The molecule has 2 aromatic rings. The van der Waals surface area contributed by atoms with Gasteiger partial charge in [0, 0.05) is 23.7 Å². The fourth-order valence-corrected chi connectivity index (χ4v) is 1.60. The van der Waals surface area contributed by atoms with Crippen molar-refractivity contribution in [1.29, 1.82) is 0 Å². The first-order valence-corrected chi connectivity index (χ1v) is 5.72. The largest absolute Gasteiger partial charge is 0.464 e. The van der Waals surface area contributed by atoms with Crippen molar-refractivity contribution in [3.63, 3.8) is 0 Å². The number of benzene rings is 1. The first kappa shape index (κ1) is 11.9. The van der Waals surface area contributed by atoms with E-state index < -0.39 is 0 Å². The van der Waals surface area contributed by atoms with Gasteiger partial charge in [-0.2, -0.15) is 0 Å². The third-order valence-corrected chi connectivity index (χ3v) is 2.56. The minimum absolute atomic E-state index is 0.202. The molecule has 0 bridgehead atoms. The molecule has 0 aliphatic carbocycles. The molecule has 0 fully saturated rings. The van der Waals surface area contributed by atoms with Gasteiger partial charge >= 0.3 is 0 Å². The van der Waals surface area contributed by atoms with Crippen LogP contribution in [0.1, 0.15) is 19.4 Å². The molecule has 17 heavy (non-hydrogen) atoms. The van der Waals surface area contributed by atoms with Gasteiger partial charge in [0.25, 0.3) is 0 Å². The van der Waals surface area contributed by atoms with Gasteiger partial charge in [-0.1, -0.05) is 26.0 Å². The first-order chi connectivity index (χ1) is 8.16. The number of rotatable bonds is 4. The Labute approximate surface area is 100 Å². The van der Waals surface area contributed by atoms with Crippen LogP contribution in [0.3, 0.4) is 0 Å². The second kappa shape index (κ2) is 5.15. The van der Waals surface area contributed by atoms with Crippen LogP contribution in [0, 0.1) is 5.82 Å². The van der Waals surface area contributed by atoms with Gasteiger partial charge in [-0.3, -0.25) is 0 Å². The summed E-state index contributed by atoms with van der Waals surface area (Å²) in [7, 11) is 0. The summed E-state index contributed by atoms with van der Waals surface area (Å²) >= 11 is 0. The molecule has 1 aromatic heterocycles. The second-order valence-electron chi connectivity index (χ2n) is 4.32. The SMILES string of the molecule is CC(C)NCc1ccc(-c2ccco2)cc1F. The maximum Gasteiger partial charge on any atom is 0.133 e. The van der Waals surface area contributed by atoms with Crippen LogP contribution in [-0.4, -0.2) is 6.04 Å². The average Bonchev–Trinajstić information content (AvgIpc) is 2.80. The molecule has 0 aliphatic rings. The van der Waals surface area contributed by atoms with Gasteiger partial charge in [-0.05, 0) is 18.2 Å². The molecule has 2 nitrogen and oxygen atoms in total. The third kappa shape index (κ3) is 2.94. The van der Waals surface area contributed by atoms with Crippen LogP contribution in [0.15, 0.2) is 41.0 Å². The highest BCUT2D eigenvalue weighted by molar-refractivity contribution is 5.57. The summed E-state index contributed by atoms with van der Waals surface area (Å²) in [5.74, 6) is 0.485. The molecule has 0 atom stereocenters. The van der Waals surface area contributed by atoms with Gasteiger partial charge in [0.1, 0.15) is 11.6 Å². The van der Waals surface area contributed by atoms with E-state index in [4.69, 9.17) is 4.42 Å². The summed E-state index contributed by atoms with van der Waals surface area (Å²) in [5, 5.41) is 3.19. The lowest BCUT2D eigenvalue weighted by Crippen LogP contribution is -2.22. The highest BCUT2D eigenvalue weighted by atomic mass is 19.1. The fourth-order valence-electron chi connectivity index (χ4n) is 1.60. The molecule has 2 rings (SSSR count). The molecule has 0 saturated carbocycles. The summed E-state index contributed by atoms with van der Waals surface area (Å²) < 4.78 is 19.0. The molecule has 0 unspecified atom stereocenters. The van der Waals surface area contributed by atoms with Crippen LogP contribution in [0.2, 0.25) is 0 Å². The third-order valence-electron chi connectivity index (χ3n) is 2.56. The van der Waals surface area contributed by atoms with E-state index in [1.54, 1.807) is 18.4 Å². The zero-order chi connectivity index (χ0) is 12.3. The number of furan rings is 1. The minimum Gasteiger partial charge on any atom is -0.464 e. The summed E-state index contributed by atoms with van der Waals surface area (Å²) in [5.41, 5.74) is 1.44.